The van der Waals surface area contributed by atoms with Crippen molar-refractivity contribution in [3.05, 3.63) is 66.9 Å². The van der Waals surface area contributed by atoms with E-state index in [4.69, 9.17) is 16.3 Å². The average Bonchev–Trinajstić information content (AvgIpc) is 3.52. The number of benzene rings is 1. The van der Waals surface area contributed by atoms with Crippen molar-refractivity contribution in [1.29, 1.82) is 0 Å². The lowest BCUT2D eigenvalue weighted by Crippen LogP contribution is -2.49. The Labute approximate surface area is 216 Å². The van der Waals surface area contributed by atoms with Gasteiger partial charge in [0.25, 0.3) is 5.09 Å². The van der Waals surface area contributed by atoms with E-state index in [-0.39, 0.29) is 19.1 Å². The summed E-state index contributed by atoms with van der Waals surface area (Å²) in [6.07, 6.45) is 1.69. The molecule has 1 aromatic carbocycles. The molecule has 0 spiro atoms. The van der Waals surface area contributed by atoms with E-state index in [1.165, 1.54) is 22.2 Å². The first-order valence-electron chi connectivity index (χ1n) is 11.3. The molecule has 3 heterocycles. The highest BCUT2D eigenvalue weighted by atomic mass is 35.5. The molecule has 2 aliphatic rings. The second-order valence-corrected chi connectivity index (χ2v) is 10.7. The monoisotopic (exact) mass is 539 g/mol. The van der Waals surface area contributed by atoms with Crippen LogP contribution in [0, 0.1) is 10.1 Å². The molecule has 2 aliphatic heterocycles. The summed E-state index contributed by atoms with van der Waals surface area (Å²) in [6, 6.07) is 8.17. The van der Waals surface area contributed by atoms with Crippen LogP contribution in [0.25, 0.3) is 0 Å². The molecule has 1 unspecified atom stereocenters. The van der Waals surface area contributed by atoms with Crippen molar-refractivity contribution in [2.75, 3.05) is 31.4 Å². The van der Waals surface area contributed by atoms with Crippen LogP contribution in [0.4, 0.5) is 0 Å². The Morgan fingerprint density at radius 1 is 1.23 bits per heavy atom. The lowest BCUT2D eigenvalue weighted by molar-refractivity contribution is -0.757. The number of amides is 1. The fraction of sp³-hybridized carbons (Fsp3) is 0.478. The van der Waals surface area contributed by atoms with E-state index in [9.17, 15) is 19.7 Å². The molecule has 188 valence electrons. The van der Waals surface area contributed by atoms with E-state index in [1.807, 2.05) is 18.2 Å². The average molecular weight is 540 g/mol. The topological polar surface area (TPSA) is 102 Å². The number of thioether (sulfide) groups is 1. The van der Waals surface area contributed by atoms with E-state index in [0.29, 0.717) is 36.0 Å². The maximum Gasteiger partial charge on any atom is 0.329 e. The molecular weight excluding hydrogens is 514 g/mol. The standard InChI is InChI=1S/C23H26ClN3O6S2/c24-18-6-2-1-5-17(18)21(25-9-7-20-16(13-25)8-12-35-20)22(28)26-15-34-14-19(26)23(29)32-10-3-4-11-33-27(30)31/h1-2,5-6,8,12,19,21H,3-4,7,9-11,13-15H2/t19?,21-/m0/s1. The number of rotatable bonds is 10. The maximum absolute atomic E-state index is 14.0. The molecule has 0 saturated carbocycles. The number of fused-ring (bicyclic) bond motifs is 1. The van der Waals surface area contributed by atoms with Crippen molar-refractivity contribution in [2.24, 2.45) is 0 Å². The third-order valence-corrected chi connectivity index (χ3v) is 8.43. The highest BCUT2D eigenvalue weighted by molar-refractivity contribution is 7.99. The predicted molar refractivity (Wildman–Crippen MR) is 134 cm³/mol. The Hall–Kier alpha value is -2.34. The van der Waals surface area contributed by atoms with Crippen LogP contribution in [-0.2, 0) is 32.1 Å². The van der Waals surface area contributed by atoms with Crippen LogP contribution in [0.3, 0.4) is 0 Å². The predicted octanol–water partition coefficient (Wildman–Crippen LogP) is 3.93. The highest BCUT2D eigenvalue weighted by Gasteiger charge is 2.42. The van der Waals surface area contributed by atoms with Gasteiger partial charge in [0, 0.05) is 28.7 Å². The van der Waals surface area contributed by atoms with Crippen molar-refractivity contribution in [3.8, 4) is 0 Å². The van der Waals surface area contributed by atoms with Crippen LogP contribution in [-0.4, -0.2) is 64.2 Å². The van der Waals surface area contributed by atoms with Gasteiger partial charge in [-0.05, 0) is 47.9 Å². The largest absolute Gasteiger partial charge is 0.464 e. The molecule has 9 nitrogen and oxygen atoms in total. The Kier molecular flexibility index (Phi) is 8.88. The van der Waals surface area contributed by atoms with Gasteiger partial charge in [-0.1, -0.05) is 29.8 Å². The van der Waals surface area contributed by atoms with E-state index < -0.39 is 23.1 Å². The molecule has 2 atom stereocenters. The van der Waals surface area contributed by atoms with Crippen LogP contribution in [0.1, 0.15) is 34.9 Å². The second-order valence-electron chi connectivity index (χ2n) is 8.27. The molecule has 0 radical (unpaired) electrons. The first kappa shape index (κ1) is 25.7. The summed E-state index contributed by atoms with van der Waals surface area (Å²) in [5, 5.41) is 12.0. The molecule has 0 aliphatic carbocycles. The molecule has 1 fully saturated rings. The smallest absolute Gasteiger partial charge is 0.329 e. The van der Waals surface area contributed by atoms with Gasteiger partial charge in [0.2, 0.25) is 5.91 Å². The van der Waals surface area contributed by atoms with Gasteiger partial charge in [0.1, 0.15) is 12.1 Å². The number of esters is 1. The molecule has 0 N–H and O–H groups in total. The Balaban J connectivity index is 1.46. The fourth-order valence-corrected chi connectivity index (χ4v) is 6.58. The molecule has 0 bridgehead atoms. The number of carbonyl (C=O) groups excluding carboxylic acids is 2. The minimum Gasteiger partial charge on any atom is -0.464 e. The van der Waals surface area contributed by atoms with Crippen LogP contribution >= 0.6 is 34.7 Å². The number of carbonyl (C=O) groups is 2. The first-order valence-corrected chi connectivity index (χ1v) is 13.7. The van der Waals surface area contributed by atoms with Gasteiger partial charge in [-0.25, -0.2) is 4.79 Å². The third-order valence-electron chi connectivity index (χ3n) is 6.05. The summed E-state index contributed by atoms with van der Waals surface area (Å²) in [6.45, 7) is 1.43. The summed E-state index contributed by atoms with van der Waals surface area (Å²) in [4.78, 5) is 46.3. The lowest BCUT2D eigenvalue weighted by atomic mass is 9.99. The molecule has 1 saturated heterocycles. The van der Waals surface area contributed by atoms with Gasteiger partial charge in [0.05, 0.1) is 19.1 Å². The first-order chi connectivity index (χ1) is 17.0. The SMILES string of the molecule is O=C(OCCCCO[N+](=O)[O-])C1CSCN1C(=O)[C@H](c1ccccc1Cl)N1CCc2sccc2C1. The van der Waals surface area contributed by atoms with E-state index in [2.05, 4.69) is 21.2 Å². The van der Waals surface area contributed by atoms with Crippen molar-refractivity contribution >= 4 is 46.6 Å². The van der Waals surface area contributed by atoms with Gasteiger partial charge in [-0.15, -0.1) is 33.2 Å². The number of ether oxygens (including phenoxy) is 1. The molecule has 1 amide bonds. The Bertz CT molecular complexity index is 1070. The number of nitrogens with zero attached hydrogens (tertiary/aromatic N) is 3. The summed E-state index contributed by atoms with van der Waals surface area (Å²) in [5.41, 5.74) is 1.95. The Morgan fingerprint density at radius 2 is 2.03 bits per heavy atom. The zero-order valence-corrected chi connectivity index (χ0v) is 21.4. The van der Waals surface area contributed by atoms with Crippen molar-refractivity contribution in [1.82, 2.24) is 9.80 Å². The summed E-state index contributed by atoms with van der Waals surface area (Å²) >= 11 is 9.80. The minimum atomic E-state index is -0.845. The number of unbranched alkanes of at least 4 members (excludes halogenated alkanes) is 1. The van der Waals surface area contributed by atoms with Crippen LogP contribution in [0.15, 0.2) is 35.7 Å². The van der Waals surface area contributed by atoms with Gasteiger partial charge in [-0.3, -0.25) is 9.69 Å². The van der Waals surface area contributed by atoms with Crippen molar-refractivity contribution < 1.29 is 24.3 Å². The van der Waals surface area contributed by atoms with Crippen LogP contribution in [0.2, 0.25) is 5.02 Å². The second kappa shape index (κ2) is 12.1. The van der Waals surface area contributed by atoms with Crippen molar-refractivity contribution in [2.45, 2.75) is 37.9 Å². The summed E-state index contributed by atoms with van der Waals surface area (Å²) in [7, 11) is 0. The van der Waals surface area contributed by atoms with E-state index >= 15 is 0 Å². The normalized spacial score (nSPS) is 18.7. The molecule has 12 heteroatoms. The maximum atomic E-state index is 14.0. The van der Waals surface area contributed by atoms with Gasteiger partial charge < -0.3 is 14.5 Å². The number of hydrogen-bond acceptors (Lipinski definition) is 9. The number of hydrogen-bond donors (Lipinski definition) is 0. The van der Waals surface area contributed by atoms with Crippen LogP contribution in [0.5, 0.6) is 0 Å². The molecule has 4 rings (SSSR count). The highest BCUT2D eigenvalue weighted by Crippen LogP contribution is 2.36. The minimum absolute atomic E-state index is 0.0460. The molecule has 2 aromatic rings. The zero-order valence-electron chi connectivity index (χ0n) is 19.0. The summed E-state index contributed by atoms with van der Waals surface area (Å²) in [5.74, 6) is 0.227. The fourth-order valence-electron chi connectivity index (χ4n) is 4.30. The van der Waals surface area contributed by atoms with E-state index in [1.54, 1.807) is 22.3 Å². The number of thiophene rings is 1. The van der Waals surface area contributed by atoms with Crippen LogP contribution < -0.4 is 0 Å². The summed E-state index contributed by atoms with van der Waals surface area (Å²) < 4.78 is 5.39. The van der Waals surface area contributed by atoms with Gasteiger partial charge in [-0.2, -0.15) is 0 Å². The van der Waals surface area contributed by atoms with Gasteiger partial charge >= 0.3 is 5.97 Å². The number of halogens is 1. The third kappa shape index (κ3) is 6.27. The molecule has 35 heavy (non-hydrogen) atoms. The Morgan fingerprint density at radius 3 is 2.83 bits per heavy atom. The quantitative estimate of drug-likeness (QED) is 0.194. The van der Waals surface area contributed by atoms with E-state index in [0.717, 1.165) is 18.5 Å². The molecular formula is C23H26ClN3O6S2. The zero-order chi connectivity index (χ0) is 24.8. The lowest BCUT2D eigenvalue weighted by Gasteiger charge is -2.37. The van der Waals surface area contributed by atoms with Gasteiger partial charge in [0.15, 0.2) is 0 Å². The molecule has 1 aromatic heterocycles. The van der Waals surface area contributed by atoms with Crippen molar-refractivity contribution in [3.63, 3.8) is 0 Å².